The van der Waals surface area contributed by atoms with Crippen LogP contribution in [-0.4, -0.2) is 58.3 Å². The summed E-state index contributed by atoms with van der Waals surface area (Å²) in [6.07, 6.45) is 8.60. The molecular weight excluding hydrogens is 357 g/mol. The molecule has 1 amide bonds. The molecule has 0 saturated carbocycles. The van der Waals surface area contributed by atoms with Gasteiger partial charge in [0.25, 0.3) is 0 Å². The maximum absolute atomic E-state index is 11.7. The highest BCUT2D eigenvalue weighted by Gasteiger charge is 2.51. The summed E-state index contributed by atoms with van der Waals surface area (Å²) in [6.45, 7) is 11.2. The topological polar surface area (TPSA) is 73.8 Å². The maximum Gasteiger partial charge on any atom is 0.498 e. The van der Waals surface area contributed by atoms with Crippen molar-refractivity contribution >= 4 is 18.5 Å². The van der Waals surface area contributed by atoms with E-state index in [1.54, 1.807) is 19.3 Å². The van der Waals surface area contributed by atoms with Crippen LogP contribution in [0.1, 0.15) is 66.7 Å². The predicted octanol–water partition coefficient (Wildman–Crippen LogP) is 2.34. The van der Waals surface area contributed by atoms with Crippen molar-refractivity contribution in [3.63, 3.8) is 0 Å². The van der Waals surface area contributed by atoms with Gasteiger partial charge in [0.2, 0.25) is 5.91 Å². The Bertz CT molecular complexity index is 665. The van der Waals surface area contributed by atoms with Crippen LogP contribution in [0.3, 0.4) is 0 Å². The molecule has 2 fully saturated rings. The number of rotatable bonds is 6. The molecular formula is C20H32BN3O4. The van der Waals surface area contributed by atoms with Gasteiger partial charge in [-0.05, 0) is 59.8 Å². The summed E-state index contributed by atoms with van der Waals surface area (Å²) in [7, 11) is -0.470. The number of aromatic nitrogens is 2. The molecule has 2 saturated heterocycles. The Balaban J connectivity index is 1.46. The summed E-state index contributed by atoms with van der Waals surface area (Å²) in [5.41, 5.74) is 0.00434. The molecule has 0 unspecified atom stereocenters. The molecule has 3 rings (SSSR count). The lowest BCUT2D eigenvalue weighted by atomic mass is 9.81. The van der Waals surface area contributed by atoms with Gasteiger partial charge >= 0.3 is 13.1 Å². The van der Waals surface area contributed by atoms with Crippen LogP contribution < -0.4 is 10.2 Å². The number of hydrogen-bond acceptors (Lipinski definition) is 6. The minimum Gasteiger partial charge on any atom is -0.463 e. The molecule has 0 bridgehead atoms. The highest BCUT2D eigenvalue weighted by atomic mass is 16.7. The molecule has 2 aliphatic rings. The Morgan fingerprint density at radius 2 is 1.86 bits per heavy atom. The standard InChI is InChI=1S/C20H32BN3O4/c1-15(25)24-11-7-6-9-17(24)10-8-12-26-18-22-13-16(14-23-18)21-27-19(2,3)20(4,5)28-21/h13-14,17H,6-12H2,1-5H3/t17-/m0/s1. The normalized spacial score (nSPS) is 23.7. The van der Waals surface area contributed by atoms with Crippen molar-refractivity contribution < 1.29 is 18.8 Å². The van der Waals surface area contributed by atoms with E-state index in [-0.39, 0.29) is 17.1 Å². The second-order valence-electron chi connectivity index (χ2n) is 8.74. The van der Waals surface area contributed by atoms with Crippen LogP contribution in [-0.2, 0) is 14.1 Å². The average Bonchev–Trinajstić information content (AvgIpc) is 2.87. The monoisotopic (exact) mass is 389 g/mol. The SMILES string of the molecule is CC(=O)N1CCCC[C@H]1CCCOc1ncc(B2OC(C)(C)C(C)(C)O2)cn1. The molecule has 28 heavy (non-hydrogen) atoms. The number of nitrogens with zero attached hydrogens (tertiary/aromatic N) is 3. The smallest absolute Gasteiger partial charge is 0.463 e. The van der Waals surface area contributed by atoms with E-state index in [1.807, 2.05) is 32.6 Å². The Labute approximate surface area is 168 Å². The molecule has 8 heteroatoms. The predicted molar refractivity (Wildman–Crippen MR) is 108 cm³/mol. The van der Waals surface area contributed by atoms with Crippen molar-refractivity contribution in [2.75, 3.05) is 13.2 Å². The summed E-state index contributed by atoms with van der Waals surface area (Å²) in [4.78, 5) is 22.3. The van der Waals surface area contributed by atoms with Gasteiger partial charge in [0, 0.05) is 37.4 Å². The fourth-order valence-corrected chi connectivity index (χ4v) is 3.70. The highest BCUT2D eigenvalue weighted by molar-refractivity contribution is 6.61. The van der Waals surface area contributed by atoms with Gasteiger partial charge in [-0.2, -0.15) is 0 Å². The number of amides is 1. The van der Waals surface area contributed by atoms with Gasteiger partial charge in [-0.3, -0.25) is 4.79 Å². The zero-order valence-corrected chi connectivity index (χ0v) is 17.7. The largest absolute Gasteiger partial charge is 0.498 e. The molecule has 3 heterocycles. The fourth-order valence-electron chi connectivity index (χ4n) is 3.70. The quantitative estimate of drug-likeness (QED) is 0.549. The first-order chi connectivity index (χ1) is 13.2. The molecule has 2 aliphatic heterocycles. The Hall–Kier alpha value is -1.67. The van der Waals surface area contributed by atoms with Crippen LogP contribution in [0.5, 0.6) is 6.01 Å². The Morgan fingerprint density at radius 3 is 2.46 bits per heavy atom. The molecule has 7 nitrogen and oxygen atoms in total. The fraction of sp³-hybridized carbons (Fsp3) is 0.750. The number of likely N-dealkylation sites (tertiary alicyclic amines) is 1. The lowest BCUT2D eigenvalue weighted by Crippen LogP contribution is -2.42. The van der Waals surface area contributed by atoms with E-state index in [9.17, 15) is 4.79 Å². The van der Waals surface area contributed by atoms with Crippen molar-refractivity contribution in [3.05, 3.63) is 12.4 Å². The van der Waals surface area contributed by atoms with Crippen LogP contribution in [0, 0.1) is 0 Å². The summed E-state index contributed by atoms with van der Waals surface area (Å²) < 4.78 is 17.7. The molecule has 1 atom stereocenters. The summed E-state index contributed by atoms with van der Waals surface area (Å²) in [5.74, 6) is 0.173. The zero-order valence-electron chi connectivity index (χ0n) is 17.7. The lowest BCUT2D eigenvalue weighted by molar-refractivity contribution is -0.132. The average molecular weight is 389 g/mol. The van der Waals surface area contributed by atoms with E-state index in [2.05, 4.69) is 9.97 Å². The Kier molecular flexibility index (Phi) is 6.29. The second-order valence-corrected chi connectivity index (χ2v) is 8.74. The number of piperidine rings is 1. The third kappa shape index (κ3) is 4.66. The van der Waals surface area contributed by atoms with E-state index >= 15 is 0 Å². The van der Waals surface area contributed by atoms with Gasteiger partial charge in [0.15, 0.2) is 0 Å². The zero-order chi connectivity index (χ0) is 20.4. The summed E-state index contributed by atoms with van der Waals surface area (Å²) in [6, 6.07) is 0.689. The molecule has 0 radical (unpaired) electrons. The third-order valence-corrected chi connectivity index (χ3v) is 6.12. The van der Waals surface area contributed by atoms with Crippen molar-refractivity contribution in [1.82, 2.24) is 14.9 Å². The van der Waals surface area contributed by atoms with Gasteiger partial charge in [0.05, 0.1) is 17.8 Å². The van der Waals surface area contributed by atoms with Crippen molar-refractivity contribution in [2.45, 2.75) is 84.0 Å². The molecule has 0 spiro atoms. The number of hydrogen-bond donors (Lipinski definition) is 0. The van der Waals surface area contributed by atoms with Crippen molar-refractivity contribution in [3.8, 4) is 6.01 Å². The van der Waals surface area contributed by atoms with Crippen LogP contribution in [0.2, 0.25) is 0 Å². The highest BCUT2D eigenvalue weighted by Crippen LogP contribution is 2.36. The van der Waals surface area contributed by atoms with E-state index in [0.29, 0.717) is 18.7 Å². The Morgan fingerprint density at radius 1 is 1.21 bits per heavy atom. The van der Waals surface area contributed by atoms with Crippen LogP contribution in [0.25, 0.3) is 0 Å². The van der Waals surface area contributed by atoms with Gasteiger partial charge in [-0.25, -0.2) is 9.97 Å². The van der Waals surface area contributed by atoms with E-state index in [4.69, 9.17) is 14.0 Å². The molecule has 0 aromatic carbocycles. The van der Waals surface area contributed by atoms with Crippen LogP contribution in [0.15, 0.2) is 12.4 Å². The second kappa shape index (κ2) is 8.37. The first kappa shape index (κ1) is 21.1. The maximum atomic E-state index is 11.7. The molecule has 0 N–H and O–H groups in total. The summed E-state index contributed by atoms with van der Waals surface area (Å²) in [5, 5.41) is 0. The van der Waals surface area contributed by atoms with E-state index in [1.165, 1.54) is 6.42 Å². The van der Waals surface area contributed by atoms with E-state index < -0.39 is 7.12 Å². The third-order valence-electron chi connectivity index (χ3n) is 6.12. The first-order valence-electron chi connectivity index (χ1n) is 10.3. The van der Waals surface area contributed by atoms with Gasteiger partial charge in [-0.1, -0.05) is 0 Å². The number of ether oxygens (including phenoxy) is 1. The van der Waals surface area contributed by atoms with E-state index in [0.717, 1.165) is 37.7 Å². The van der Waals surface area contributed by atoms with Gasteiger partial charge < -0.3 is 18.9 Å². The van der Waals surface area contributed by atoms with Gasteiger partial charge in [0.1, 0.15) is 0 Å². The summed E-state index contributed by atoms with van der Waals surface area (Å²) >= 11 is 0. The minimum atomic E-state index is -0.470. The molecule has 1 aromatic rings. The van der Waals surface area contributed by atoms with Crippen molar-refractivity contribution in [1.29, 1.82) is 0 Å². The number of carbonyl (C=O) groups is 1. The molecule has 1 aromatic heterocycles. The molecule has 0 aliphatic carbocycles. The van der Waals surface area contributed by atoms with Crippen molar-refractivity contribution in [2.24, 2.45) is 0 Å². The van der Waals surface area contributed by atoms with Gasteiger partial charge in [-0.15, -0.1) is 0 Å². The van der Waals surface area contributed by atoms with Crippen LogP contribution >= 0.6 is 0 Å². The minimum absolute atomic E-state index is 0.173. The molecule has 154 valence electrons. The number of carbonyl (C=O) groups excluding carboxylic acids is 1. The first-order valence-corrected chi connectivity index (χ1v) is 10.3. The lowest BCUT2D eigenvalue weighted by Gasteiger charge is -2.35. The van der Waals surface area contributed by atoms with Crippen LogP contribution in [0.4, 0.5) is 0 Å².